The Labute approximate surface area is 119 Å². The molecule has 3 nitrogen and oxygen atoms in total. The van der Waals surface area contributed by atoms with Crippen LogP contribution in [-0.2, 0) is 0 Å². The Morgan fingerprint density at radius 2 is 1.75 bits per heavy atom. The predicted octanol–water partition coefficient (Wildman–Crippen LogP) is 3.92. The predicted molar refractivity (Wildman–Crippen MR) is 78.5 cm³/mol. The molecule has 0 N–H and O–H groups in total. The quantitative estimate of drug-likeness (QED) is 0.624. The van der Waals surface area contributed by atoms with Gasteiger partial charge in [0, 0.05) is 0 Å². The molecule has 0 bridgehead atoms. The minimum atomic E-state index is -0.363. The Morgan fingerprint density at radius 3 is 2.45 bits per heavy atom. The summed E-state index contributed by atoms with van der Waals surface area (Å²) in [6, 6.07) is 12.9. The average Bonchev–Trinajstić information content (AvgIpc) is 2.44. The SMILES string of the molecule is CCOc1ccccc1OC(=O)c1cc(C)ccc1C. The Morgan fingerprint density at radius 1 is 1.05 bits per heavy atom. The molecule has 0 aromatic heterocycles. The number of esters is 1. The molecule has 0 heterocycles. The third-order valence-electron chi connectivity index (χ3n) is 2.96. The summed E-state index contributed by atoms with van der Waals surface area (Å²) in [6.07, 6.45) is 0. The lowest BCUT2D eigenvalue weighted by molar-refractivity contribution is 0.0727. The smallest absolute Gasteiger partial charge is 0.343 e. The van der Waals surface area contributed by atoms with E-state index in [2.05, 4.69) is 0 Å². The van der Waals surface area contributed by atoms with Crippen molar-refractivity contribution in [3.05, 3.63) is 59.2 Å². The molecule has 0 aliphatic carbocycles. The lowest BCUT2D eigenvalue weighted by Gasteiger charge is -2.11. The average molecular weight is 270 g/mol. The van der Waals surface area contributed by atoms with Gasteiger partial charge >= 0.3 is 5.97 Å². The third kappa shape index (κ3) is 3.18. The van der Waals surface area contributed by atoms with Crippen LogP contribution in [0.15, 0.2) is 42.5 Å². The number of aryl methyl sites for hydroxylation is 2. The van der Waals surface area contributed by atoms with Gasteiger partial charge in [0.05, 0.1) is 12.2 Å². The van der Waals surface area contributed by atoms with Gasteiger partial charge in [0.1, 0.15) is 0 Å². The van der Waals surface area contributed by atoms with Gasteiger partial charge in [0.2, 0.25) is 0 Å². The molecular weight excluding hydrogens is 252 g/mol. The summed E-state index contributed by atoms with van der Waals surface area (Å²) in [4.78, 5) is 12.3. The van der Waals surface area contributed by atoms with Crippen molar-refractivity contribution in [3.63, 3.8) is 0 Å². The van der Waals surface area contributed by atoms with E-state index in [-0.39, 0.29) is 5.97 Å². The summed E-state index contributed by atoms with van der Waals surface area (Å²) in [7, 11) is 0. The molecule has 2 aromatic rings. The van der Waals surface area contributed by atoms with Gasteiger partial charge in [0.15, 0.2) is 11.5 Å². The normalized spacial score (nSPS) is 10.2. The van der Waals surface area contributed by atoms with Gasteiger partial charge in [-0.05, 0) is 44.5 Å². The van der Waals surface area contributed by atoms with Gasteiger partial charge in [-0.2, -0.15) is 0 Å². The van der Waals surface area contributed by atoms with Crippen LogP contribution in [0, 0.1) is 13.8 Å². The van der Waals surface area contributed by atoms with Crippen LogP contribution in [0.4, 0.5) is 0 Å². The molecular formula is C17H18O3. The molecule has 104 valence electrons. The van der Waals surface area contributed by atoms with Gasteiger partial charge in [-0.25, -0.2) is 4.79 Å². The fourth-order valence-corrected chi connectivity index (χ4v) is 1.92. The van der Waals surface area contributed by atoms with E-state index in [1.165, 1.54) is 0 Å². The Hall–Kier alpha value is -2.29. The molecule has 0 aliphatic rings. The highest BCUT2D eigenvalue weighted by Gasteiger charge is 2.14. The van der Waals surface area contributed by atoms with Crippen LogP contribution in [-0.4, -0.2) is 12.6 Å². The third-order valence-corrected chi connectivity index (χ3v) is 2.96. The van der Waals surface area contributed by atoms with Crippen molar-refractivity contribution in [1.82, 2.24) is 0 Å². The molecule has 20 heavy (non-hydrogen) atoms. The second-order valence-corrected chi connectivity index (χ2v) is 4.59. The Balaban J connectivity index is 2.26. The van der Waals surface area contributed by atoms with Crippen molar-refractivity contribution in [3.8, 4) is 11.5 Å². The fourth-order valence-electron chi connectivity index (χ4n) is 1.92. The topological polar surface area (TPSA) is 35.5 Å². The highest BCUT2D eigenvalue weighted by Crippen LogP contribution is 2.27. The molecule has 0 atom stereocenters. The van der Waals surface area contributed by atoms with Crippen molar-refractivity contribution in [1.29, 1.82) is 0 Å². The number of ether oxygens (including phenoxy) is 2. The van der Waals surface area contributed by atoms with Crippen molar-refractivity contribution in [2.45, 2.75) is 20.8 Å². The van der Waals surface area contributed by atoms with Crippen LogP contribution >= 0.6 is 0 Å². The van der Waals surface area contributed by atoms with Crippen molar-refractivity contribution in [2.75, 3.05) is 6.61 Å². The van der Waals surface area contributed by atoms with Gasteiger partial charge < -0.3 is 9.47 Å². The van der Waals surface area contributed by atoms with Gasteiger partial charge in [0.25, 0.3) is 0 Å². The van der Waals surface area contributed by atoms with E-state index in [0.717, 1.165) is 11.1 Å². The summed E-state index contributed by atoms with van der Waals surface area (Å²) in [5.41, 5.74) is 2.51. The first-order chi connectivity index (χ1) is 9.61. The molecule has 0 unspecified atom stereocenters. The summed E-state index contributed by atoms with van der Waals surface area (Å²) >= 11 is 0. The first-order valence-electron chi connectivity index (χ1n) is 6.63. The largest absolute Gasteiger partial charge is 0.490 e. The number of carbonyl (C=O) groups excluding carboxylic acids is 1. The summed E-state index contributed by atoms with van der Waals surface area (Å²) < 4.78 is 10.9. The molecule has 3 heteroatoms. The number of para-hydroxylation sites is 2. The zero-order valence-electron chi connectivity index (χ0n) is 12.0. The van der Waals surface area contributed by atoms with Crippen molar-refractivity contribution in [2.24, 2.45) is 0 Å². The minimum Gasteiger partial charge on any atom is -0.490 e. The zero-order chi connectivity index (χ0) is 14.5. The van der Waals surface area contributed by atoms with E-state index >= 15 is 0 Å². The van der Waals surface area contributed by atoms with Crippen LogP contribution in [0.1, 0.15) is 28.4 Å². The molecule has 0 aliphatic heterocycles. The van der Waals surface area contributed by atoms with Crippen LogP contribution < -0.4 is 9.47 Å². The van der Waals surface area contributed by atoms with Crippen molar-refractivity contribution < 1.29 is 14.3 Å². The van der Waals surface area contributed by atoms with E-state index in [4.69, 9.17) is 9.47 Å². The van der Waals surface area contributed by atoms with E-state index in [1.54, 1.807) is 12.1 Å². The number of hydrogen-bond acceptors (Lipinski definition) is 3. The molecule has 0 saturated carbocycles. The second kappa shape index (κ2) is 6.24. The first kappa shape index (κ1) is 14.1. The van der Waals surface area contributed by atoms with E-state index in [1.807, 2.05) is 51.1 Å². The number of rotatable bonds is 4. The van der Waals surface area contributed by atoms with Crippen LogP contribution in [0.5, 0.6) is 11.5 Å². The number of carbonyl (C=O) groups is 1. The lowest BCUT2D eigenvalue weighted by Crippen LogP contribution is -2.11. The van der Waals surface area contributed by atoms with Gasteiger partial charge in [-0.15, -0.1) is 0 Å². The first-order valence-corrected chi connectivity index (χ1v) is 6.63. The maximum absolute atomic E-state index is 12.3. The monoisotopic (exact) mass is 270 g/mol. The minimum absolute atomic E-state index is 0.363. The summed E-state index contributed by atoms with van der Waals surface area (Å²) in [6.45, 7) is 6.26. The molecule has 0 fully saturated rings. The zero-order valence-corrected chi connectivity index (χ0v) is 12.0. The molecule has 2 aromatic carbocycles. The summed E-state index contributed by atoms with van der Waals surface area (Å²) in [5, 5.41) is 0. The highest BCUT2D eigenvalue weighted by molar-refractivity contribution is 5.93. The summed E-state index contributed by atoms with van der Waals surface area (Å²) in [5.74, 6) is 0.660. The van der Waals surface area contributed by atoms with Crippen molar-refractivity contribution >= 4 is 5.97 Å². The highest BCUT2D eigenvalue weighted by atomic mass is 16.6. The number of benzene rings is 2. The van der Waals surface area contributed by atoms with Crippen LogP contribution in [0.25, 0.3) is 0 Å². The Bertz CT molecular complexity index is 617. The van der Waals surface area contributed by atoms with Gasteiger partial charge in [-0.1, -0.05) is 29.8 Å². The molecule has 0 amide bonds. The molecule has 0 radical (unpaired) electrons. The molecule has 0 saturated heterocycles. The van der Waals surface area contributed by atoms with Crippen LogP contribution in [0.3, 0.4) is 0 Å². The standard InChI is InChI=1S/C17H18O3/c1-4-19-15-7-5-6-8-16(15)20-17(18)14-11-12(2)9-10-13(14)3/h5-11H,4H2,1-3H3. The lowest BCUT2D eigenvalue weighted by atomic mass is 10.1. The maximum atomic E-state index is 12.3. The fraction of sp³-hybridized carbons (Fsp3) is 0.235. The number of hydrogen-bond donors (Lipinski definition) is 0. The van der Waals surface area contributed by atoms with Gasteiger partial charge in [-0.3, -0.25) is 0 Å². The Kier molecular flexibility index (Phi) is 4.41. The van der Waals surface area contributed by atoms with E-state index in [0.29, 0.717) is 23.7 Å². The van der Waals surface area contributed by atoms with E-state index in [9.17, 15) is 4.79 Å². The molecule has 2 rings (SSSR count). The second-order valence-electron chi connectivity index (χ2n) is 4.59. The van der Waals surface area contributed by atoms with E-state index < -0.39 is 0 Å². The maximum Gasteiger partial charge on any atom is 0.343 e. The van der Waals surface area contributed by atoms with Crippen LogP contribution in [0.2, 0.25) is 0 Å². The molecule has 0 spiro atoms.